The van der Waals surface area contributed by atoms with Crippen molar-refractivity contribution < 1.29 is 17.6 Å². The minimum Gasteiger partial charge on any atom is -0.303 e. The summed E-state index contributed by atoms with van der Waals surface area (Å²) < 4.78 is 54.0. The molecule has 2 heterocycles. The van der Waals surface area contributed by atoms with Gasteiger partial charge < -0.3 is 4.90 Å². The zero-order chi connectivity index (χ0) is 21.1. The van der Waals surface area contributed by atoms with Crippen LogP contribution in [0, 0.1) is 11.7 Å². The number of hydrogen-bond donors (Lipinski definition) is 0. The summed E-state index contributed by atoms with van der Waals surface area (Å²) in [6.07, 6.45) is -0.735. The third kappa shape index (κ3) is 5.03. The van der Waals surface area contributed by atoms with Crippen LogP contribution in [-0.4, -0.2) is 42.5 Å². The van der Waals surface area contributed by atoms with Gasteiger partial charge in [-0.15, -0.1) is 0 Å². The number of hydrogen-bond acceptors (Lipinski definition) is 2. The minimum atomic E-state index is -4.34. The van der Waals surface area contributed by atoms with E-state index in [0.29, 0.717) is 18.7 Å². The maximum atomic E-state index is 14.2. The number of alkyl halides is 3. The summed E-state index contributed by atoms with van der Waals surface area (Å²) in [4.78, 5) is 4.64. The molecule has 4 rings (SSSR count). The van der Waals surface area contributed by atoms with Crippen LogP contribution in [0.15, 0.2) is 48.5 Å². The smallest absolute Gasteiger partial charge is 0.303 e. The van der Waals surface area contributed by atoms with Crippen LogP contribution >= 0.6 is 0 Å². The summed E-state index contributed by atoms with van der Waals surface area (Å²) >= 11 is 0. The summed E-state index contributed by atoms with van der Waals surface area (Å²) in [5, 5.41) is 0. The molecule has 0 aromatic heterocycles. The highest BCUT2D eigenvalue weighted by Gasteiger charge is 2.37. The van der Waals surface area contributed by atoms with E-state index in [0.717, 1.165) is 37.8 Å². The molecule has 6 heteroatoms. The number of benzene rings is 2. The first-order valence-electron chi connectivity index (χ1n) is 10.8. The van der Waals surface area contributed by atoms with E-state index in [4.69, 9.17) is 0 Å². The first-order valence-corrected chi connectivity index (χ1v) is 10.8. The third-order valence-corrected chi connectivity index (χ3v) is 6.45. The van der Waals surface area contributed by atoms with Gasteiger partial charge in [0, 0.05) is 37.7 Å². The van der Waals surface area contributed by atoms with Crippen LogP contribution in [0.5, 0.6) is 0 Å². The van der Waals surface area contributed by atoms with Gasteiger partial charge in [-0.05, 0) is 49.5 Å². The lowest BCUT2D eigenvalue weighted by Gasteiger charge is -2.31. The number of halogens is 4. The number of likely N-dealkylation sites (tertiary alicyclic amines) is 2. The molecule has 2 aliphatic rings. The summed E-state index contributed by atoms with van der Waals surface area (Å²) in [7, 11) is 0. The number of nitrogens with zero attached hydrogens (tertiary/aromatic N) is 2. The Balaban J connectivity index is 1.55. The fourth-order valence-corrected chi connectivity index (χ4v) is 4.94. The summed E-state index contributed by atoms with van der Waals surface area (Å²) in [5.41, 5.74) is 0.783. The van der Waals surface area contributed by atoms with E-state index in [1.54, 1.807) is 12.1 Å². The number of rotatable bonds is 5. The molecule has 2 aliphatic heterocycles. The molecule has 2 aromatic carbocycles. The van der Waals surface area contributed by atoms with E-state index in [9.17, 15) is 17.6 Å². The molecular weight excluding hydrogens is 392 g/mol. The van der Waals surface area contributed by atoms with Crippen molar-refractivity contribution in [2.45, 2.75) is 37.9 Å². The van der Waals surface area contributed by atoms with Gasteiger partial charge in [0.25, 0.3) is 0 Å². The van der Waals surface area contributed by atoms with Crippen LogP contribution in [0.3, 0.4) is 0 Å². The second kappa shape index (κ2) is 9.06. The molecule has 0 radical (unpaired) electrons. The van der Waals surface area contributed by atoms with E-state index >= 15 is 0 Å². The quantitative estimate of drug-likeness (QED) is 0.586. The van der Waals surface area contributed by atoms with Crippen LogP contribution in [-0.2, 0) is 12.7 Å². The van der Waals surface area contributed by atoms with E-state index in [1.165, 1.54) is 37.5 Å². The second-order valence-electron chi connectivity index (χ2n) is 8.64. The maximum Gasteiger partial charge on any atom is 0.416 e. The van der Waals surface area contributed by atoms with Crippen molar-refractivity contribution in [2.24, 2.45) is 5.92 Å². The lowest BCUT2D eigenvalue weighted by Crippen LogP contribution is -2.36. The molecule has 0 aliphatic carbocycles. The highest BCUT2D eigenvalue weighted by Crippen LogP contribution is 2.37. The van der Waals surface area contributed by atoms with Gasteiger partial charge in [0.2, 0.25) is 0 Å². The van der Waals surface area contributed by atoms with Gasteiger partial charge in [-0.25, -0.2) is 4.39 Å². The normalized spacial score (nSPS) is 23.7. The Labute approximate surface area is 175 Å². The van der Waals surface area contributed by atoms with Crippen LogP contribution in [0.1, 0.15) is 41.9 Å². The average molecular weight is 420 g/mol. The second-order valence-corrected chi connectivity index (χ2v) is 8.64. The Kier molecular flexibility index (Phi) is 6.44. The topological polar surface area (TPSA) is 6.48 Å². The molecule has 0 saturated carbocycles. The van der Waals surface area contributed by atoms with Gasteiger partial charge in [0.15, 0.2) is 0 Å². The van der Waals surface area contributed by atoms with Gasteiger partial charge in [-0.3, -0.25) is 4.90 Å². The molecular formula is C24H28F4N2. The predicted octanol–water partition coefficient (Wildman–Crippen LogP) is 5.55. The Hall–Kier alpha value is -1.92. The first kappa shape index (κ1) is 21.3. The first-order chi connectivity index (χ1) is 14.4. The lowest BCUT2D eigenvalue weighted by molar-refractivity contribution is -0.137. The van der Waals surface area contributed by atoms with E-state index in [2.05, 4.69) is 9.80 Å². The largest absolute Gasteiger partial charge is 0.416 e. The molecule has 2 saturated heterocycles. The van der Waals surface area contributed by atoms with Crippen molar-refractivity contribution in [2.75, 3.05) is 32.7 Å². The molecule has 0 amide bonds. The van der Waals surface area contributed by atoms with Crippen LogP contribution in [0.4, 0.5) is 17.6 Å². The lowest BCUT2D eigenvalue weighted by atomic mass is 9.87. The molecule has 0 bridgehead atoms. The van der Waals surface area contributed by atoms with Crippen LogP contribution in [0.25, 0.3) is 0 Å². The molecule has 2 aromatic rings. The number of piperidine rings is 1. The van der Waals surface area contributed by atoms with Crippen molar-refractivity contribution in [3.8, 4) is 0 Å². The maximum absolute atomic E-state index is 14.2. The molecule has 2 atom stereocenters. The Morgan fingerprint density at radius 1 is 0.867 bits per heavy atom. The van der Waals surface area contributed by atoms with Gasteiger partial charge in [-0.1, -0.05) is 42.8 Å². The molecule has 0 spiro atoms. The SMILES string of the molecule is Fc1ccccc1CN1C[C@@H](CN2CCCCC2)[C@@H](c2cccc(C(F)(F)F)c2)C1. The average Bonchev–Trinajstić information content (AvgIpc) is 3.12. The zero-order valence-electron chi connectivity index (χ0n) is 17.0. The Morgan fingerprint density at radius 3 is 2.37 bits per heavy atom. The van der Waals surface area contributed by atoms with Gasteiger partial charge in [0.1, 0.15) is 5.82 Å². The molecule has 2 nitrogen and oxygen atoms in total. The summed E-state index contributed by atoms with van der Waals surface area (Å²) in [5.74, 6) is 0.0203. The highest BCUT2D eigenvalue weighted by molar-refractivity contribution is 5.30. The third-order valence-electron chi connectivity index (χ3n) is 6.45. The van der Waals surface area contributed by atoms with Gasteiger partial charge in [0.05, 0.1) is 5.56 Å². The van der Waals surface area contributed by atoms with Crippen molar-refractivity contribution in [1.29, 1.82) is 0 Å². The highest BCUT2D eigenvalue weighted by atomic mass is 19.4. The monoisotopic (exact) mass is 420 g/mol. The molecule has 162 valence electrons. The van der Waals surface area contributed by atoms with Gasteiger partial charge >= 0.3 is 6.18 Å². The fraction of sp³-hybridized carbons (Fsp3) is 0.500. The van der Waals surface area contributed by atoms with Crippen molar-refractivity contribution in [3.05, 3.63) is 71.0 Å². The van der Waals surface area contributed by atoms with Crippen molar-refractivity contribution in [1.82, 2.24) is 9.80 Å². The van der Waals surface area contributed by atoms with Gasteiger partial charge in [-0.2, -0.15) is 13.2 Å². The molecule has 0 N–H and O–H groups in total. The fourth-order valence-electron chi connectivity index (χ4n) is 4.94. The predicted molar refractivity (Wildman–Crippen MR) is 110 cm³/mol. The van der Waals surface area contributed by atoms with Crippen LogP contribution in [0.2, 0.25) is 0 Å². The molecule has 2 fully saturated rings. The Morgan fingerprint density at radius 2 is 1.63 bits per heavy atom. The minimum absolute atomic E-state index is 0.0148. The van der Waals surface area contributed by atoms with Crippen molar-refractivity contribution >= 4 is 0 Å². The molecule has 30 heavy (non-hydrogen) atoms. The molecule has 0 unspecified atom stereocenters. The van der Waals surface area contributed by atoms with E-state index in [-0.39, 0.29) is 17.7 Å². The summed E-state index contributed by atoms with van der Waals surface area (Å²) in [6.45, 7) is 4.89. The standard InChI is InChI=1S/C24H28F4N2/c25-23-10-3-2-7-19(23)14-30-16-20(15-29-11-4-1-5-12-29)22(17-30)18-8-6-9-21(13-18)24(26,27)28/h2-3,6-10,13,20,22H,1,4-5,11-12,14-17H2/t20-,22-/m1/s1. The van der Waals surface area contributed by atoms with Crippen LogP contribution < -0.4 is 0 Å². The Bertz CT molecular complexity index is 845. The summed E-state index contributed by atoms with van der Waals surface area (Å²) in [6, 6.07) is 12.5. The van der Waals surface area contributed by atoms with E-state index < -0.39 is 11.7 Å². The van der Waals surface area contributed by atoms with E-state index in [1.807, 2.05) is 12.1 Å². The van der Waals surface area contributed by atoms with Crippen molar-refractivity contribution in [3.63, 3.8) is 0 Å². The zero-order valence-corrected chi connectivity index (χ0v) is 17.0.